The quantitative estimate of drug-likeness (QED) is 0.849. The summed E-state index contributed by atoms with van der Waals surface area (Å²) >= 11 is 0. The Hall–Kier alpha value is -1.59. The minimum atomic E-state index is -0.500. The number of carbonyl (C=O) groups excluding carboxylic acids is 2. The molecule has 6 heteroatoms. The van der Waals surface area contributed by atoms with Crippen LogP contribution in [0.1, 0.15) is 36.2 Å². The molecule has 0 bridgehead atoms. The summed E-state index contributed by atoms with van der Waals surface area (Å²) in [5.74, 6) is 0.205. The Bertz CT molecular complexity index is 560. The number of hydrogen-bond acceptors (Lipinski definition) is 3. The minimum Gasteiger partial charge on any atom is -0.341 e. The van der Waals surface area contributed by atoms with E-state index >= 15 is 0 Å². The van der Waals surface area contributed by atoms with E-state index in [4.69, 9.17) is 5.73 Å². The zero-order valence-electron chi connectivity index (χ0n) is 14.6. The number of carbonyl (C=O) groups is 2. The summed E-state index contributed by atoms with van der Waals surface area (Å²) in [4.78, 5) is 27.0. The lowest BCUT2D eigenvalue weighted by Gasteiger charge is -2.27. The summed E-state index contributed by atoms with van der Waals surface area (Å²) in [6.45, 7) is 7.90. The van der Waals surface area contributed by atoms with Crippen LogP contribution in [-0.4, -0.2) is 42.4 Å². The molecule has 24 heavy (non-hydrogen) atoms. The number of nitrogens with zero attached hydrogens (tertiary/aromatic N) is 1. The lowest BCUT2D eigenvalue weighted by atomic mass is 10.0. The molecular formula is C18H28ClN3O2. The molecule has 0 radical (unpaired) electrons. The number of halogens is 1. The Morgan fingerprint density at radius 2 is 1.92 bits per heavy atom. The van der Waals surface area contributed by atoms with Crippen LogP contribution in [0, 0.1) is 18.8 Å². The number of likely N-dealkylation sites (tertiary alicyclic amines) is 1. The van der Waals surface area contributed by atoms with Gasteiger partial charge in [-0.25, -0.2) is 0 Å². The van der Waals surface area contributed by atoms with Crippen molar-refractivity contribution in [2.24, 2.45) is 17.6 Å². The van der Waals surface area contributed by atoms with Crippen LogP contribution in [0.15, 0.2) is 24.3 Å². The van der Waals surface area contributed by atoms with E-state index in [9.17, 15) is 9.59 Å². The zero-order chi connectivity index (χ0) is 17.0. The lowest BCUT2D eigenvalue weighted by Crippen LogP contribution is -2.50. The van der Waals surface area contributed by atoms with Crippen LogP contribution in [0.2, 0.25) is 0 Å². The fraction of sp³-hybridized carbons (Fsp3) is 0.556. The van der Waals surface area contributed by atoms with Gasteiger partial charge in [-0.2, -0.15) is 0 Å². The van der Waals surface area contributed by atoms with Gasteiger partial charge < -0.3 is 16.0 Å². The van der Waals surface area contributed by atoms with Gasteiger partial charge in [-0.15, -0.1) is 12.4 Å². The molecule has 1 heterocycles. The fourth-order valence-corrected chi connectivity index (χ4v) is 2.86. The largest absolute Gasteiger partial charge is 0.341 e. The molecule has 2 unspecified atom stereocenters. The maximum absolute atomic E-state index is 12.7. The Morgan fingerprint density at radius 1 is 1.29 bits per heavy atom. The molecule has 2 rings (SSSR count). The van der Waals surface area contributed by atoms with Crippen LogP contribution in [-0.2, 0) is 4.79 Å². The second-order valence-electron chi connectivity index (χ2n) is 6.74. The number of aryl methyl sites for hydroxylation is 1. The highest BCUT2D eigenvalue weighted by Crippen LogP contribution is 2.18. The first-order valence-electron chi connectivity index (χ1n) is 8.28. The van der Waals surface area contributed by atoms with Gasteiger partial charge in [0, 0.05) is 18.7 Å². The van der Waals surface area contributed by atoms with Crippen LogP contribution < -0.4 is 11.1 Å². The third kappa shape index (κ3) is 4.95. The number of hydrogen-bond donors (Lipinski definition) is 2. The maximum atomic E-state index is 12.7. The monoisotopic (exact) mass is 353 g/mol. The van der Waals surface area contributed by atoms with Crippen molar-refractivity contribution in [3.05, 3.63) is 35.4 Å². The summed E-state index contributed by atoms with van der Waals surface area (Å²) < 4.78 is 0. The van der Waals surface area contributed by atoms with Gasteiger partial charge in [0.05, 0.1) is 0 Å². The highest BCUT2D eigenvalue weighted by Gasteiger charge is 2.32. The van der Waals surface area contributed by atoms with E-state index < -0.39 is 6.04 Å². The van der Waals surface area contributed by atoms with Crippen molar-refractivity contribution >= 4 is 24.2 Å². The first-order chi connectivity index (χ1) is 10.9. The summed E-state index contributed by atoms with van der Waals surface area (Å²) in [7, 11) is 0. The van der Waals surface area contributed by atoms with Crippen LogP contribution >= 0.6 is 12.4 Å². The van der Waals surface area contributed by atoms with Crippen LogP contribution in [0.4, 0.5) is 0 Å². The SMILES string of the molecule is Cc1ccc(C(=O)NC(C(=O)N2CCC(CN)C2)C(C)C)cc1.Cl. The lowest BCUT2D eigenvalue weighted by molar-refractivity contribution is -0.133. The van der Waals surface area contributed by atoms with Gasteiger partial charge in [0.15, 0.2) is 0 Å². The molecule has 1 saturated heterocycles. The number of nitrogens with one attached hydrogen (secondary N) is 1. The third-order valence-corrected chi connectivity index (χ3v) is 4.46. The number of benzene rings is 1. The summed E-state index contributed by atoms with van der Waals surface area (Å²) in [5, 5.41) is 2.90. The minimum absolute atomic E-state index is 0. The van der Waals surface area contributed by atoms with Crippen molar-refractivity contribution in [2.75, 3.05) is 19.6 Å². The van der Waals surface area contributed by atoms with Gasteiger partial charge in [0.2, 0.25) is 5.91 Å². The molecule has 2 atom stereocenters. The smallest absolute Gasteiger partial charge is 0.251 e. The predicted octanol–water partition coefficient (Wildman–Crippen LogP) is 1.98. The van der Waals surface area contributed by atoms with Crippen molar-refractivity contribution < 1.29 is 9.59 Å². The molecule has 1 aromatic carbocycles. The van der Waals surface area contributed by atoms with E-state index in [0.717, 1.165) is 18.5 Å². The van der Waals surface area contributed by atoms with E-state index in [1.54, 1.807) is 12.1 Å². The molecule has 3 N–H and O–H groups in total. The predicted molar refractivity (Wildman–Crippen MR) is 98.3 cm³/mol. The molecule has 0 spiro atoms. The molecule has 0 aliphatic carbocycles. The van der Waals surface area contributed by atoms with Crippen molar-refractivity contribution in [3.8, 4) is 0 Å². The Morgan fingerprint density at radius 3 is 2.42 bits per heavy atom. The van der Waals surface area contributed by atoms with Gasteiger partial charge in [0.1, 0.15) is 6.04 Å². The molecule has 5 nitrogen and oxygen atoms in total. The highest BCUT2D eigenvalue weighted by atomic mass is 35.5. The van der Waals surface area contributed by atoms with E-state index in [-0.39, 0.29) is 30.1 Å². The zero-order valence-corrected chi connectivity index (χ0v) is 15.4. The highest BCUT2D eigenvalue weighted by molar-refractivity contribution is 5.97. The number of nitrogens with two attached hydrogens (primary N) is 1. The van der Waals surface area contributed by atoms with Gasteiger partial charge in [-0.1, -0.05) is 31.5 Å². The van der Waals surface area contributed by atoms with Gasteiger partial charge in [-0.3, -0.25) is 9.59 Å². The molecule has 1 aromatic rings. The van der Waals surface area contributed by atoms with E-state index in [2.05, 4.69) is 5.32 Å². The molecule has 134 valence electrons. The summed E-state index contributed by atoms with van der Waals surface area (Å²) in [6, 6.07) is 6.86. The van der Waals surface area contributed by atoms with E-state index in [0.29, 0.717) is 24.6 Å². The van der Waals surface area contributed by atoms with E-state index in [1.807, 2.05) is 37.8 Å². The Labute approximate surface area is 150 Å². The van der Waals surface area contributed by atoms with Crippen molar-refractivity contribution in [2.45, 2.75) is 33.2 Å². The second kappa shape index (κ2) is 9.04. The number of amides is 2. The van der Waals surface area contributed by atoms with Crippen molar-refractivity contribution in [1.82, 2.24) is 10.2 Å². The van der Waals surface area contributed by atoms with Crippen LogP contribution in [0.3, 0.4) is 0 Å². The van der Waals surface area contributed by atoms with Gasteiger partial charge >= 0.3 is 0 Å². The van der Waals surface area contributed by atoms with Gasteiger partial charge in [0.25, 0.3) is 5.91 Å². The molecule has 1 fully saturated rings. The Balaban J connectivity index is 0.00000288. The average molecular weight is 354 g/mol. The molecule has 2 amide bonds. The fourth-order valence-electron chi connectivity index (χ4n) is 2.86. The third-order valence-electron chi connectivity index (χ3n) is 4.46. The second-order valence-corrected chi connectivity index (χ2v) is 6.74. The maximum Gasteiger partial charge on any atom is 0.251 e. The van der Waals surface area contributed by atoms with Gasteiger partial charge in [-0.05, 0) is 43.9 Å². The van der Waals surface area contributed by atoms with Crippen LogP contribution in [0.5, 0.6) is 0 Å². The molecule has 1 aliphatic heterocycles. The standard InChI is InChI=1S/C18H27N3O2.ClH/c1-12(2)16(18(23)21-9-8-14(10-19)11-21)20-17(22)15-6-4-13(3)5-7-15;/h4-7,12,14,16H,8-11,19H2,1-3H3,(H,20,22);1H. The molecular weight excluding hydrogens is 326 g/mol. The topological polar surface area (TPSA) is 75.4 Å². The first-order valence-corrected chi connectivity index (χ1v) is 8.28. The molecule has 0 aromatic heterocycles. The Kier molecular flexibility index (Phi) is 7.70. The first kappa shape index (κ1) is 20.5. The van der Waals surface area contributed by atoms with Crippen LogP contribution in [0.25, 0.3) is 0 Å². The van der Waals surface area contributed by atoms with Crippen molar-refractivity contribution in [3.63, 3.8) is 0 Å². The molecule has 1 aliphatic rings. The molecule has 0 saturated carbocycles. The van der Waals surface area contributed by atoms with Crippen molar-refractivity contribution in [1.29, 1.82) is 0 Å². The summed E-state index contributed by atoms with van der Waals surface area (Å²) in [6.07, 6.45) is 0.943. The summed E-state index contributed by atoms with van der Waals surface area (Å²) in [5.41, 5.74) is 7.37. The number of rotatable bonds is 5. The van der Waals surface area contributed by atoms with E-state index in [1.165, 1.54) is 0 Å². The normalized spacial score (nSPS) is 18.2. The average Bonchev–Trinajstić information content (AvgIpc) is 3.01.